The van der Waals surface area contributed by atoms with Crippen LogP contribution in [0.25, 0.3) is 0 Å². The quantitative estimate of drug-likeness (QED) is 0.779. The van der Waals surface area contributed by atoms with Gasteiger partial charge in [-0.05, 0) is 17.0 Å². The Bertz CT molecular complexity index is 289. The van der Waals surface area contributed by atoms with Gasteiger partial charge in [-0.15, -0.1) is 0 Å². The minimum absolute atomic E-state index is 0.137. The molecule has 1 rings (SSSR count). The van der Waals surface area contributed by atoms with Crippen LogP contribution in [0.2, 0.25) is 0 Å². The lowest BCUT2D eigenvalue weighted by Gasteiger charge is -2.22. The van der Waals surface area contributed by atoms with Crippen molar-refractivity contribution < 1.29 is 10.5 Å². The highest BCUT2D eigenvalue weighted by Crippen LogP contribution is 2.30. The minimum atomic E-state index is 0.137. The first kappa shape index (κ1) is 11.1. The van der Waals surface area contributed by atoms with E-state index in [1.165, 1.54) is 5.56 Å². The van der Waals surface area contributed by atoms with Crippen molar-refractivity contribution in [3.8, 4) is 5.75 Å². The number of hydrogen-bond acceptors (Lipinski definition) is 1. The maximum atomic E-state index is 5.65. The molecule has 3 N–H and O–H groups in total. The lowest BCUT2D eigenvalue weighted by atomic mass is 9.86. The van der Waals surface area contributed by atoms with Gasteiger partial charge in [-0.2, -0.15) is 0 Å². The van der Waals surface area contributed by atoms with Crippen molar-refractivity contribution in [2.45, 2.75) is 26.2 Å². The van der Waals surface area contributed by atoms with Gasteiger partial charge < -0.3 is 10.5 Å². The van der Waals surface area contributed by atoms with Gasteiger partial charge in [0.15, 0.2) is 0 Å². The summed E-state index contributed by atoms with van der Waals surface area (Å²) in [6.45, 7) is 8.07. The molecule has 0 heterocycles. The Labute approximate surface area is 86.1 Å². The van der Waals surface area contributed by atoms with E-state index in [2.05, 4.69) is 38.6 Å². The summed E-state index contributed by atoms with van der Waals surface area (Å²) in [5.74, 6) is 0.989. The Morgan fingerprint density at radius 1 is 1.21 bits per heavy atom. The van der Waals surface area contributed by atoms with Crippen LogP contribution in [0.1, 0.15) is 26.3 Å². The van der Waals surface area contributed by atoms with E-state index in [9.17, 15) is 0 Å². The molecule has 0 aliphatic heterocycles. The van der Waals surface area contributed by atoms with Crippen molar-refractivity contribution in [3.05, 3.63) is 29.8 Å². The van der Waals surface area contributed by atoms with Crippen LogP contribution in [-0.4, -0.2) is 13.2 Å². The van der Waals surface area contributed by atoms with E-state index >= 15 is 0 Å². The van der Waals surface area contributed by atoms with E-state index in [0.29, 0.717) is 6.61 Å². The third kappa shape index (κ3) is 2.74. The Kier molecular flexibility index (Phi) is 3.53. The largest absolute Gasteiger partial charge is 0.487 e. The molecule has 0 aliphatic carbocycles. The van der Waals surface area contributed by atoms with Crippen molar-refractivity contribution >= 4 is 0 Å². The van der Waals surface area contributed by atoms with Gasteiger partial charge in [-0.3, -0.25) is 0 Å². The SMILES string of the molecule is CC(C)(C)c1ccccc1OCC[NH3+]. The van der Waals surface area contributed by atoms with Gasteiger partial charge in [-0.25, -0.2) is 0 Å². The third-order valence-corrected chi connectivity index (χ3v) is 2.10. The molecule has 0 bridgehead atoms. The Morgan fingerprint density at radius 3 is 2.43 bits per heavy atom. The molecule has 0 amide bonds. The van der Waals surface area contributed by atoms with Crippen molar-refractivity contribution in [3.63, 3.8) is 0 Å². The number of quaternary nitrogens is 1. The molecule has 0 radical (unpaired) electrons. The van der Waals surface area contributed by atoms with Crippen LogP contribution in [0.3, 0.4) is 0 Å². The van der Waals surface area contributed by atoms with Crippen LogP contribution in [0.5, 0.6) is 5.75 Å². The first-order chi connectivity index (χ1) is 6.55. The fourth-order valence-electron chi connectivity index (χ4n) is 1.39. The zero-order valence-corrected chi connectivity index (χ0v) is 9.34. The number of ether oxygens (including phenoxy) is 1. The van der Waals surface area contributed by atoms with Gasteiger partial charge in [0.1, 0.15) is 18.9 Å². The molecule has 0 unspecified atom stereocenters. The smallest absolute Gasteiger partial charge is 0.137 e. The molecule has 0 saturated heterocycles. The van der Waals surface area contributed by atoms with E-state index in [1.807, 2.05) is 12.1 Å². The average Bonchev–Trinajstić information content (AvgIpc) is 2.14. The molecule has 0 fully saturated rings. The van der Waals surface area contributed by atoms with Gasteiger partial charge in [0.2, 0.25) is 0 Å². The Balaban J connectivity index is 2.92. The van der Waals surface area contributed by atoms with E-state index in [-0.39, 0.29) is 5.41 Å². The van der Waals surface area contributed by atoms with Gasteiger partial charge >= 0.3 is 0 Å². The molecule has 0 atom stereocenters. The van der Waals surface area contributed by atoms with Crippen molar-refractivity contribution in [1.29, 1.82) is 0 Å². The highest BCUT2D eigenvalue weighted by atomic mass is 16.5. The molecule has 0 aliphatic rings. The normalized spacial score (nSPS) is 11.4. The second-order valence-electron chi connectivity index (χ2n) is 4.45. The Hall–Kier alpha value is -1.02. The molecule has 2 heteroatoms. The summed E-state index contributed by atoms with van der Waals surface area (Å²) in [5, 5.41) is 0. The monoisotopic (exact) mass is 194 g/mol. The van der Waals surface area contributed by atoms with Crippen molar-refractivity contribution in [1.82, 2.24) is 0 Å². The predicted molar refractivity (Wildman–Crippen MR) is 58.4 cm³/mol. The van der Waals surface area contributed by atoms with Crippen molar-refractivity contribution in [2.24, 2.45) is 0 Å². The number of rotatable bonds is 3. The van der Waals surface area contributed by atoms with Crippen LogP contribution in [0.15, 0.2) is 24.3 Å². The summed E-state index contributed by atoms with van der Waals surface area (Å²) in [6.07, 6.45) is 0. The fourth-order valence-corrected chi connectivity index (χ4v) is 1.39. The summed E-state index contributed by atoms with van der Waals surface area (Å²) in [6, 6.07) is 8.21. The fraction of sp³-hybridized carbons (Fsp3) is 0.500. The molecule has 14 heavy (non-hydrogen) atoms. The van der Waals surface area contributed by atoms with E-state index < -0.39 is 0 Å². The first-order valence-electron chi connectivity index (χ1n) is 5.07. The van der Waals surface area contributed by atoms with Crippen LogP contribution in [-0.2, 0) is 5.41 Å². The molecule has 78 valence electrons. The highest BCUT2D eigenvalue weighted by Gasteiger charge is 2.17. The molecule has 2 nitrogen and oxygen atoms in total. The van der Waals surface area contributed by atoms with E-state index in [4.69, 9.17) is 4.74 Å². The van der Waals surface area contributed by atoms with Crippen LogP contribution < -0.4 is 10.5 Å². The first-order valence-corrected chi connectivity index (χ1v) is 5.07. The summed E-state index contributed by atoms with van der Waals surface area (Å²) < 4.78 is 5.65. The molecule has 0 aromatic heterocycles. The molecular formula is C12H20NO+. The van der Waals surface area contributed by atoms with Crippen LogP contribution >= 0.6 is 0 Å². The minimum Gasteiger partial charge on any atom is -0.487 e. The van der Waals surface area contributed by atoms with Crippen molar-refractivity contribution in [2.75, 3.05) is 13.2 Å². The van der Waals surface area contributed by atoms with Crippen LogP contribution in [0.4, 0.5) is 0 Å². The maximum Gasteiger partial charge on any atom is 0.137 e. The second kappa shape index (κ2) is 4.47. The molecule has 1 aromatic rings. The van der Waals surface area contributed by atoms with Crippen LogP contribution in [0, 0.1) is 0 Å². The average molecular weight is 194 g/mol. The zero-order chi connectivity index (χ0) is 10.6. The van der Waals surface area contributed by atoms with Gasteiger partial charge in [0.25, 0.3) is 0 Å². The Morgan fingerprint density at radius 2 is 1.86 bits per heavy atom. The molecule has 1 aromatic carbocycles. The summed E-state index contributed by atoms with van der Waals surface area (Å²) >= 11 is 0. The number of para-hydroxylation sites is 1. The lowest BCUT2D eigenvalue weighted by molar-refractivity contribution is -0.370. The van der Waals surface area contributed by atoms with E-state index in [0.717, 1.165) is 12.3 Å². The number of hydrogen-bond donors (Lipinski definition) is 1. The van der Waals surface area contributed by atoms with Gasteiger partial charge in [-0.1, -0.05) is 39.0 Å². The summed E-state index contributed by atoms with van der Waals surface area (Å²) in [4.78, 5) is 0. The number of benzene rings is 1. The maximum absolute atomic E-state index is 5.65. The van der Waals surface area contributed by atoms with E-state index in [1.54, 1.807) is 0 Å². The highest BCUT2D eigenvalue weighted by molar-refractivity contribution is 5.38. The van der Waals surface area contributed by atoms with Gasteiger partial charge in [0, 0.05) is 0 Å². The lowest BCUT2D eigenvalue weighted by Crippen LogP contribution is -2.52. The second-order valence-corrected chi connectivity index (χ2v) is 4.45. The zero-order valence-electron chi connectivity index (χ0n) is 9.34. The predicted octanol–water partition coefficient (Wildman–Crippen LogP) is 1.60. The molecule has 0 spiro atoms. The third-order valence-electron chi connectivity index (χ3n) is 2.10. The topological polar surface area (TPSA) is 36.9 Å². The molecule has 0 saturated carbocycles. The summed E-state index contributed by atoms with van der Waals surface area (Å²) in [7, 11) is 0. The van der Waals surface area contributed by atoms with Gasteiger partial charge in [0.05, 0.1) is 0 Å². The summed E-state index contributed by atoms with van der Waals surface area (Å²) in [5.41, 5.74) is 5.16. The standard InChI is InChI=1S/C12H19NO/c1-12(2,3)10-6-4-5-7-11(10)14-9-8-13/h4-7H,8-9,13H2,1-3H3/p+1. The molecular weight excluding hydrogens is 174 g/mol.